The number of rotatable bonds is 6. The largest absolute Gasteiger partial charge is 0.378 e. The Morgan fingerprint density at radius 2 is 1.79 bits per heavy atom. The van der Waals surface area contributed by atoms with Crippen LogP contribution in [0.25, 0.3) is 0 Å². The Morgan fingerprint density at radius 1 is 1.10 bits per heavy atom. The van der Waals surface area contributed by atoms with Gasteiger partial charge in [0.05, 0.1) is 18.1 Å². The molecule has 0 bridgehead atoms. The van der Waals surface area contributed by atoms with Crippen LogP contribution in [0.15, 0.2) is 42.5 Å². The molecule has 2 aromatic carbocycles. The first kappa shape index (κ1) is 20.3. The fourth-order valence-electron chi connectivity index (χ4n) is 3.01. The van der Waals surface area contributed by atoms with Crippen molar-refractivity contribution in [2.45, 2.75) is 13.3 Å². The third kappa shape index (κ3) is 5.08. The van der Waals surface area contributed by atoms with Crippen molar-refractivity contribution in [3.8, 4) is 0 Å². The number of morpholine rings is 1. The molecule has 0 atom stereocenters. The normalized spacial score (nSPS) is 13.6. The van der Waals surface area contributed by atoms with Gasteiger partial charge >= 0.3 is 0 Å². The van der Waals surface area contributed by atoms with E-state index < -0.39 is 10.8 Å². The summed E-state index contributed by atoms with van der Waals surface area (Å²) in [5.41, 5.74) is 1.56. The van der Waals surface area contributed by atoms with Crippen LogP contribution in [0, 0.1) is 10.1 Å². The highest BCUT2D eigenvalue weighted by molar-refractivity contribution is 6.05. The molecule has 1 fully saturated rings. The third-order valence-corrected chi connectivity index (χ3v) is 4.51. The highest BCUT2D eigenvalue weighted by Gasteiger charge is 2.23. The maximum absolute atomic E-state index is 12.6. The van der Waals surface area contributed by atoms with Crippen LogP contribution in [0.5, 0.6) is 0 Å². The highest BCUT2D eigenvalue weighted by atomic mass is 16.6. The highest BCUT2D eigenvalue weighted by Crippen LogP contribution is 2.30. The van der Waals surface area contributed by atoms with Gasteiger partial charge in [0, 0.05) is 42.5 Å². The molecule has 0 aromatic heterocycles. The first-order valence-corrected chi connectivity index (χ1v) is 9.30. The summed E-state index contributed by atoms with van der Waals surface area (Å²) in [6.07, 6.45) is 0.343. The summed E-state index contributed by atoms with van der Waals surface area (Å²) in [5.74, 6) is -0.608. The summed E-state index contributed by atoms with van der Waals surface area (Å²) >= 11 is 0. The molecular formula is C20H22N4O5. The van der Waals surface area contributed by atoms with E-state index in [-0.39, 0.29) is 17.2 Å². The quantitative estimate of drug-likeness (QED) is 0.571. The third-order valence-electron chi connectivity index (χ3n) is 4.51. The Labute approximate surface area is 167 Å². The van der Waals surface area contributed by atoms with Crippen molar-refractivity contribution in [2.24, 2.45) is 0 Å². The zero-order chi connectivity index (χ0) is 20.8. The van der Waals surface area contributed by atoms with Crippen molar-refractivity contribution < 1.29 is 19.2 Å². The van der Waals surface area contributed by atoms with Crippen molar-refractivity contribution in [1.29, 1.82) is 0 Å². The number of carbonyl (C=O) groups excluding carboxylic acids is 2. The molecule has 0 saturated carbocycles. The van der Waals surface area contributed by atoms with Crippen LogP contribution in [0.3, 0.4) is 0 Å². The van der Waals surface area contributed by atoms with Gasteiger partial charge in [-0.3, -0.25) is 19.7 Å². The zero-order valence-electron chi connectivity index (χ0n) is 16.0. The molecule has 1 aliphatic heterocycles. The number of carbonyl (C=O) groups is 2. The van der Waals surface area contributed by atoms with Gasteiger partial charge in [0.15, 0.2) is 0 Å². The van der Waals surface area contributed by atoms with Gasteiger partial charge in [0.2, 0.25) is 5.91 Å². The topological polar surface area (TPSA) is 114 Å². The molecule has 1 saturated heterocycles. The molecule has 0 aliphatic carbocycles. The number of hydrogen-bond donors (Lipinski definition) is 2. The minimum Gasteiger partial charge on any atom is -0.378 e. The second-order valence-corrected chi connectivity index (χ2v) is 6.50. The molecule has 29 heavy (non-hydrogen) atoms. The van der Waals surface area contributed by atoms with Gasteiger partial charge < -0.3 is 20.3 Å². The Morgan fingerprint density at radius 3 is 2.45 bits per heavy atom. The summed E-state index contributed by atoms with van der Waals surface area (Å²) < 4.78 is 5.29. The van der Waals surface area contributed by atoms with Crippen LogP contribution >= 0.6 is 0 Å². The molecule has 152 valence electrons. The van der Waals surface area contributed by atoms with E-state index in [0.717, 1.165) is 0 Å². The SMILES string of the molecule is CCC(=O)Nc1cccc(NC(=O)c2ccc(N3CCOCC3)c([N+](=O)[O-])c2)c1. The Balaban J connectivity index is 1.79. The molecule has 2 aromatic rings. The number of nitro benzene ring substituents is 1. The van der Waals surface area contributed by atoms with E-state index in [1.807, 2.05) is 4.90 Å². The average molecular weight is 398 g/mol. The number of hydrogen-bond acceptors (Lipinski definition) is 6. The summed E-state index contributed by atoms with van der Waals surface area (Å²) in [6.45, 7) is 3.87. The lowest BCUT2D eigenvalue weighted by Crippen LogP contribution is -2.36. The zero-order valence-corrected chi connectivity index (χ0v) is 16.0. The van der Waals surface area contributed by atoms with Crippen LogP contribution in [0.4, 0.5) is 22.7 Å². The van der Waals surface area contributed by atoms with E-state index >= 15 is 0 Å². The summed E-state index contributed by atoms with van der Waals surface area (Å²) in [7, 11) is 0. The number of nitrogens with zero attached hydrogens (tertiary/aromatic N) is 2. The molecule has 0 spiro atoms. The summed E-state index contributed by atoms with van der Waals surface area (Å²) in [6, 6.07) is 11.2. The lowest BCUT2D eigenvalue weighted by molar-refractivity contribution is -0.384. The second-order valence-electron chi connectivity index (χ2n) is 6.50. The number of ether oxygens (including phenoxy) is 1. The van der Waals surface area contributed by atoms with E-state index in [1.54, 1.807) is 43.3 Å². The predicted molar refractivity (Wildman–Crippen MR) is 109 cm³/mol. The minimum absolute atomic E-state index is 0.122. The molecule has 3 rings (SSSR count). The number of amides is 2. The first-order chi connectivity index (χ1) is 14.0. The molecule has 2 N–H and O–H groups in total. The van der Waals surface area contributed by atoms with Gasteiger partial charge in [-0.25, -0.2) is 0 Å². The molecule has 2 amide bonds. The maximum Gasteiger partial charge on any atom is 0.293 e. The lowest BCUT2D eigenvalue weighted by Gasteiger charge is -2.28. The van der Waals surface area contributed by atoms with Crippen molar-refractivity contribution in [2.75, 3.05) is 41.8 Å². The number of nitrogens with one attached hydrogen (secondary N) is 2. The van der Waals surface area contributed by atoms with Crippen molar-refractivity contribution in [3.63, 3.8) is 0 Å². The van der Waals surface area contributed by atoms with Crippen LogP contribution < -0.4 is 15.5 Å². The van der Waals surface area contributed by atoms with Gasteiger partial charge in [-0.1, -0.05) is 13.0 Å². The van der Waals surface area contributed by atoms with Crippen molar-refractivity contribution >= 4 is 34.6 Å². The van der Waals surface area contributed by atoms with E-state index in [2.05, 4.69) is 10.6 Å². The van der Waals surface area contributed by atoms with Crippen LogP contribution in [-0.4, -0.2) is 43.0 Å². The van der Waals surface area contributed by atoms with Crippen molar-refractivity contribution in [1.82, 2.24) is 0 Å². The van der Waals surface area contributed by atoms with Crippen LogP contribution in [-0.2, 0) is 9.53 Å². The number of benzene rings is 2. The van der Waals surface area contributed by atoms with E-state index in [1.165, 1.54) is 6.07 Å². The Hall–Kier alpha value is -3.46. The van der Waals surface area contributed by atoms with E-state index in [0.29, 0.717) is 49.8 Å². The standard InChI is InChI=1S/C20H22N4O5/c1-2-19(25)21-15-4-3-5-16(13-15)22-20(26)14-6-7-17(18(12-14)24(27)28)23-8-10-29-11-9-23/h3-7,12-13H,2,8-11H2,1H3,(H,21,25)(H,22,26). The average Bonchev–Trinajstić information content (AvgIpc) is 2.74. The van der Waals surface area contributed by atoms with Gasteiger partial charge in [0.25, 0.3) is 11.6 Å². The smallest absolute Gasteiger partial charge is 0.293 e. The Kier molecular flexibility index (Phi) is 6.40. The van der Waals surface area contributed by atoms with Gasteiger partial charge in [-0.05, 0) is 30.3 Å². The predicted octanol–water partition coefficient (Wildman–Crippen LogP) is 3.03. The monoisotopic (exact) mass is 398 g/mol. The molecule has 0 unspecified atom stereocenters. The fourth-order valence-corrected chi connectivity index (χ4v) is 3.01. The molecule has 9 nitrogen and oxygen atoms in total. The summed E-state index contributed by atoms with van der Waals surface area (Å²) in [5, 5.41) is 17.0. The summed E-state index contributed by atoms with van der Waals surface area (Å²) in [4.78, 5) is 37.1. The van der Waals surface area contributed by atoms with Crippen LogP contribution in [0.1, 0.15) is 23.7 Å². The molecule has 0 radical (unpaired) electrons. The van der Waals surface area contributed by atoms with Crippen molar-refractivity contribution in [3.05, 3.63) is 58.1 Å². The van der Waals surface area contributed by atoms with Gasteiger partial charge in [0.1, 0.15) is 5.69 Å². The minimum atomic E-state index is -0.484. The molecule has 1 aliphatic rings. The maximum atomic E-state index is 12.6. The van der Waals surface area contributed by atoms with E-state index in [4.69, 9.17) is 4.74 Å². The first-order valence-electron chi connectivity index (χ1n) is 9.30. The number of nitro groups is 1. The lowest BCUT2D eigenvalue weighted by atomic mass is 10.1. The number of anilines is 3. The second kappa shape index (κ2) is 9.16. The van der Waals surface area contributed by atoms with Crippen LogP contribution in [0.2, 0.25) is 0 Å². The van der Waals surface area contributed by atoms with Gasteiger partial charge in [-0.15, -0.1) is 0 Å². The Bertz CT molecular complexity index is 925. The molecular weight excluding hydrogens is 376 g/mol. The van der Waals surface area contributed by atoms with E-state index in [9.17, 15) is 19.7 Å². The molecule has 9 heteroatoms. The fraction of sp³-hybridized carbons (Fsp3) is 0.300. The van der Waals surface area contributed by atoms with Gasteiger partial charge in [-0.2, -0.15) is 0 Å². The molecule has 1 heterocycles.